The number of halogens is 1. The average Bonchev–Trinajstić information content (AvgIpc) is 3.11. The lowest BCUT2D eigenvalue weighted by atomic mass is 10.2. The fraction of sp³-hybridized carbons (Fsp3) is 0.462. The van der Waals surface area contributed by atoms with Crippen LogP contribution in [0.4, 0.5) is 4.39 Å². The highest BCUT2D eigenvalue weighted by Crippen LogP contribution is 2.28. The number of hydrogen-bond donors (Lipinski definition) is 1. The summed E-state index contributed by atoms with van der Waals surface area (Å²) < 4.78 is 12.8. The van der Waals surface area contributed by atoms with Crippen LogP contribution in [0.15, 0.2) is 24.3 Å². The van der Waals surface area contributed by atoms with Gasteiger partial charge in [0.2, 0.25) is 5.91 Å². The molecular weight excluding hydrogens is 219 g/mol. The SMILES string of the molecule is CC(N)C(=O)N(Cc1ccc(F)cc1)C1CC1. The quantitative estimate of drug-likeness (QED) is 0.864. The van der Waals surface area contributed by atoms with E-state index < -0.39 is 6.04 Å². The molecule has 1 aliphatic carbocycles. The molecule has 0 heterocycles. The molecule has 0 bridgehead atoms. The number of carbonyl (C=O) groups is 1. The predicted molar refractivity (Wildman–Crippen MR) is 63.6 cm³/mol. The predicted octanol–water partition coefficient (Wildman–Crippen LogP) is 1.66. The van der Waals surface area contributed by atoms with Gasteiger partial charge >= 0.3 is 0 Å². The number of benzene rings is 1. The number of amides is 1. The molecule has 2 rings (SSSR count). The third-order valence-corrected chi connectivity index (χ3v) is 2.93. The largest absolute Gasteiger partial charge is 0.334 e. The second-order valence-corrected chi connectivity index (χ2v) is 4.61. The van der Waals surface area contributed by atoms with Crippen LogP contribution in [0.3, 0.4) is 0 Å². The third-order valence-electron chi connectivity index (χ3n) is 2.93. The monoisotopic (exact) mass is 236 g/mol. The third kappa shape index (κ3) is 3.03. The Bertz CT molecular complexity index is 398. The topological polar surface area (TPSA) is 46.3 Å². The first-order chi connectivity index (χ1) is 8.08. The molecule has 0 aliphatic heterocycles. The first-order valence-corrected chi connectivity index (χ1v) is 5.88. The minimum atomic E-state index is -0.476. The summed E-state index contributed by atoms with van der Waals surface area (Å²) in [6.45, 7) is 2.22. The van der Waals surface area contributed by atoms with Crippen LogP contribution >= 0.6 is 0 Å². The van der Waals surface area contributed by atoms with E-state index >= 15 is 0 Å². The van der Waals surface area contributed by atoms with Crippen LogP contribution in [0, 0.1) is 5.82 Å². The van der Waals surface area contributed by atoms with Gasteiger partial charge in [-0.05, 0) is 37.5 Å². The van der Waals surface area contributed by atoms with Crippen LogP contribution in [0.5, 0.6) is 0 Å². The summed E-state index contributed by atoms with van der Waals surface area (Å²) in [5, 5.41) is 0. The van der Waals surface area contributed by atoms with Gasteiger partial charge in [0.15, 0.2) is 0 Å². The summed E-state index contributed by atoms with van der Waals surface area (Å²) in [6, 6.07) is 6.08. The zero-order valence-corrected chi connectivity index (χ0v) is 9.90. The molecule has 17 heavy (non-hydrogen) atoms. The van der Waals surface area contributed by atoms with E-state index in [1.807, 2.05) is 0 Å². The van der Waals surface area contributed by atoms with Crippen molar-refractivity contribution in [2.24, 2.45) is 5.73 Å². The first kappa shape index (κ1) is 12.0. The molecule has 1 aliphatic rings. The Morgan fingerprint density at radius 3 is 2.53 bits per heavy atom. The molecule has 0 saturated heterocycles. The van der Waals surface area contributed by atoms with Crippen LogP contribution in [0.1, 0.15) is 25.3 Å². The van der Waals surface area contributed by atoms with Gasteiger partial charge in [0, 0.05) is 12.6 Å². The zero-order chi connectivity index (χ0) is 12.4. The van der Waals surface area contributed by atoms with Gasteiger partial charge in [-0.3, -0.25) is 4.79 Å². The molecule has 1 aromatic rings. The van der Waals surface area contributed by atoms with Crippen molar-refractivity contribution in [2.45, 2.75) is 38.4 Å². The molecule has 0 radical (unpaired) electrons. The van der Waals surface area contributed by atoms with Crippen molar-refractivity contribution in [3.05, 3.63) is 35.6 Å². The summed E-state index contributed by atoms with van der Waals surface area (Å²) in [7, 11) is 0. The number of rotatable bonds is 4. The van der Waals surface area contributed by atoms with Crippen molar-refractivity contribution < 1.29 is 9.18 Å². The lowest BCUT2D eigenvalue weighted by molar-refractivity contribution is -0.133. The molecule has 1 saturated carbocycles. The van der Waals surface area contributed by atoms with E-state index in [9.17, 15) is 9.18 Å². The maximum atomic E-state index is 12.8. The Hall–Kier alpha value is -1.42. The van der Waals surface area contributed by atoms with Crippen LogP contribution < -0.4 is 5.73 Å². The van der Waals surface area contributed by atoms with Crippen molar-refractivity contribution in [3.63, 3.8) is 0 Å². The fourth-order valence-corrected chi connectivity index (χ4v) is 1.82. The second kappa shape index (κ2) is 4.84. The Morgan fingerprint density at radius 2 is 2.06 bits per heavy atom. The molecule has 1 unspecified atom stereocenters. The standard InChI is InChI=1S/C13H17FN2O/c1-9(15)13(17)16(12-6-7-12)8-10-2-4-11(14)5-3-10/h2-5,9,12H,6-8,15H2,1H3. The highest BCUT2D eigenvalue weighted by atomic mass is 19.1. The van der Waals surface area contributed by atoms with Gasteiger partial charge < -0.3 is 10.6 Å². The number of carbonyl (C=O) groups excluding carboxylic acids is 1. The summed E-state index contributed by atoms with van der Waals surface area (Å²) >= 11 is 0. The van der Waals surface area contributed by atoms with Crippen LogP contribution in [0.2, 0.25) is 0 Å². The fourth-order valence-electron chi connectivity index (χ4n) is 1.82. The van der Waals surface area contributed by atoms with Crippen molar-refractivity contribution in [1.82, 2.24) is 4.90 Å². The van der Waals surface area contributed by atoms with Crippen LogP contribution in [-0.4, -0.2) is 22.9 Å². The van der Waals surface area contributed by atoms with Crippen molar-refractivity contribution in [3.8, 4) is 0 Å². The molecule has 3 nitrogen and oxygen atoms in total. The van der Waals surface area contributed by atoms with Crippen LogP contribution in [0.25, 0.3) is 0 Å². The number of nitrogens with two attached hydrogens (primary N) is 1. The second-order valence-electron chi connectivity index (χ2n) is 4.61. The van der Waals surface area contributed by atoms with Gasteiger partial charge in [0.1, 0.15) is 5.82 Å². The average molecular weight is 236 g/mol. The molecular formula is C13H17FN2O. The molecule has 0 aromatic heterocycles. The number of hydrogen-bond acceptors (Lipinski definition) is 2. The van der Waals surface area contributed by atoms with Crippen molar-refractivity contribution in [1.29, 1.82) is 0 Å². The minimum absolute atomic E-state index is 0.0307. The molecule has 4 heteroatoms. The molecule has 2 N–H and O–H groups in total. The van der Waals surface area contributed by atoms with E-state index in [2.05, 4.69) is 0 Å². The first-order valence-electron chi connectivity index (χ1n) is 5.88. The van der Waals surface area contributed by atoms with Crippen molar-refractivity contribution in [2.75, 3.05) is 0 Å². The molecule has 1 amide bonds. The summed E-state index contributed by atoms with van der Waals surface area (Å²) in [5.41, 5.74) is 6.57. The Balaban J connectivity index is 2.07. The maximum absolute atomic E-state index is 12.8. The molecule has 0 spiro atoms. The van der Waals surface area contributed by atoms with E-state index in [0.29, 0.717) is 12.6 Å². The highest BCUT2D eigenvalue weighted by molar-refractivity contribution is 5.81. The van der Waals surface area contributed by atoms with Crippen LogP contribution in [-0.2, 0) is 11.3 Å². The van der Waals surface area contributed by atoms with Gasteiger partial charge in [-0.1, -0.05) is 12.1 Å². The lowest BCUT2D eigenvalue weighted by Gasteiger charge is -2.24. The Labute approximate surface area is 100 Å². The summed E-state index contributed by atoms with van der Waals surface area (Å²) in [5.74, 6) is -0.290. The van der Waals surface area contributed by atoms with E-state index in [0.717, 1.165) is 18.4 Å². The summed E-state index contributed by atoms with van der Waals surface area (Å²) in [4.78, 5) is 13.7. The van der Waals surface area contributed by atoms with Gasteiger partial charge in [0.25, 0.3) is 0 Å². The van der Waals surface area contributed by atoms with E-state index in [1.165, 1.54) is 12.1 Å². The Kier molecular flexibility index (Phi) is 3.43. The maximum Gasteiger partial charge on any atom is 0.239 e. The smallest absolute Gasteiger partial charge is 0.239 e. The van der Waals surface area contributed by atoms with E-state index in [-0.39, 0.29) is 11.7 Å². The number of nitrogens with zero attached hydrogens (tertiary/aromatic N) is 1. The normalized spacial score (nSPS) is 16.6. The minimum Gasteiger partial charge on any atom is -0.334 e. The molecule has 1 aromatic carbocycles. The zero-order valence-electron chi connectivity index (χ0n) is 9.90. The molecule has 1 atom stereocenters. The van der Waals surface area contributed by atoms with Gasteiger partial charge in [-0.25, -0.2) is 4.39 Å². The highest BCUT2D eigenvalue weighted by Gasteiger charge is 2.33. The van der Waals surface area contributed by atoms with Gasteiger partial charge in [-0.2, -0.15) is 0 Å². The van der Waals surface area contributed by atoms with E-state index in [1.54, 1.807) is 24.0 Å². The Morgan fingerprint density at radius 1 is 1.47 bits per heavy atom. The van der Waals surface area contributed by atoms with E-state index in [4.69, 9.17) is 5.73 Å². The van der Waals surface area contributed by atoms with Crippen molar-refractivity contribution >= 4 is 5.91 Å². The molecule has 92 valence electrons. The van der Waals surface area contributed by atoms with Gasteiger partial charge in [-0.15, -0.1) is 0 Å². The lowest BCUT2D eigenvalue weighted by Crippen LogP contribution is -2.42. The van der Waals surface area contributed by atoms with Gasteiger partial charge in [0.05, 0.1) is 6.04 Å². The summed E-state index contributed by atoms with van der Waals surface area (Å²) in [6.07, 6.45) is 2.08. The molecule has 1 fully saturated rings.